The number of anilines is 1. The molecule has 8 heteroatoms. The highest BCUT2D eigenvalue weighted by molar-refractivity contribution is 6.02. The number of hydrogen-bond acceptors (Lipinski definition) is 3. The number of halogens is 3. The first-order valence-electron chi connectivity index (χ1n) is 7.30. The number of alkyl halides is 3. The Morgan fingerprint density at radius 3 is 2.50 bits per heavy atom. The van der Waals surface area contributed by atoms with Crippen LogP contribution in [0.2, 0.25) is 0 Å². The first-order valence-corrected chi connectivity index (χ1v) is 7.30. The molecule has 0 spiro atoms. The van der Waals surface area contributed by atoms with E-state index in [1.54, 1.807) is 12.2 Å². The lowest BCUT2D eigenvalue weighted by Gasteiger charge is -2.15. The van der Waals surface area contributed by atoms with E-state index in [-0.39, 0.29) is 11.9 Å². The van der Waals surface area contributed by atoms with Gasteiger partial charge in [-0.05, 0) is 24.5 Å². The molecule has 1 aromatic carbocycles. The van der Waals surface area contributed by atoms with Crippen LogP contribution < -0.4 is 10.6 Å². The molecular weight excluding hydrogens is 325 g/mol. The molecule has 1 aromatic rings. The summed E-state index contributed by atoms with van der Waals surface area (Å²) < 4.78 is 31.7. The second-order valence-electron chi connectivity index (χ2n) is 5.10. The van der Waals surface area contributed by atoms with Gasteiger partial charge in [-0.1, -0.05) is 31.2 Å². The van der Waals surface area contributed by atoms with Gasteiger partial charge in [-0.25, -0.2) is 4.79 Å². The lowest BCUT2D eigenvalue weighted by Crippen LogP contribution is -2.27. The predicted octanol–water partition coefficient (Wildman–Crippen LogP) is 2.50. The molecule has 0 bridgehead atoms. The Bertz CT molecular complexity index is 615. The maximum absolute atomic E-state index is 12.0. The number of carboxylic acids is 1. The van der Waals surface area contributed by atoms with Crippen molar-refractivity contribution >= 4 is 17.6 Å². The van der Waals surface area contributed by atoms with E-state index >= 15 is 0 Å². The number of carbonyl (C=O) groups excluding carboxylic acids is 1. The fourth-order valence-electron chi connectivity index (χ4n) is 2.00. The minimum atomic E-state index is -5.08. The van der Waals surface area contributed by atoms with E-state index in [1.807, 2.05) is 30.0 Å². The van der Waals surface area contributed by atoms with Gasteiger partial charge in [0.15, 0.2) is 0 Å². The Morgan fingerprint density at radius 1 is 1.38 bits per heavy atom. The van der Waals surface area contributed by atoms with Gasteiger partial charge in [-0.15, -0.1) is 0 Å². The van der Waals surface area contributed by atoms with Crippen LogP contribution >= 0.6 is 0 Å². The molecule has 24 heavy (non-hydrogen) atoms. The van der Waals surface area contributed by atoms with Crippen LogP contribution in [0.4, 0.5) is 18.9 Å². The highest BCUT2D eigenvalue weighted by Gasteiger charge is 2.38. The van der Waals surface area contributed by atoms with Gasteiger partial charge in [-0.2, -0.15) is 13.2 Å². The molecule has 1 atom stereocenters. The molecule has 0 aromatic heterocycles. The molecule has 0 radical (unpaired) electrons. The number of nitrogens with zero attached hydrogens (tertiary/aromatic N) is 1. The summed E-state index contributed by atoms with van der Waals surface area (Å²) in [5.41, 5.74) is 8.04. The first-order chi connectivity index (χ1) is 11.2. The maximum atomic E-state index is 12.0. The van der Waals surface area contributed by atoms with Crippen molar-refractivity contribution in [2.75, 3.05) is 11.4 Å². The van der Waals surface area contributed by atoms with Gasteiger partial charge in [0.2, 0.25) is 0 Å². The Balaban J connectivity index is 0.000000351. The molecule has 1 aliphatic rings. The van der Waals surface area contributed by atoms with E-state index in [9.17, 15) is 18.0 Å². The third-order valence-corrected chi connectivity index (χ3v) is 3.35. The van der Waals surface area contributed by atoms with Crippen molar-refractivity contribution < 1.29 is 27.9 Å². The van der Waals surface area contributed by atoms with Gasteiger partial charge < -0.3 is 15.7 Å². The number of carbonyl (C=O) groups is 2. The number of amides is 1. The molecule has 0 saturated carbocycles. The lowest BCUT2D eigenvalue weighted by atomic mass is 10.2. The fraction of sp³-hybridized carbons (Fsp3) is 0.375. The van der Waals surface area contributed by atoms with Crippen LogP contribution in [0.25, 0.3) is 0 Å². The molecule has 1 aliphatic heterocycles. The molecule has 0 aliphatic carbocycles. The summed E-state index contributed by atoms with van der Waals surface area (Å²) in [6.45, 7) is 2.77. The van der Waals surface area contributed by atoms with E-state index < -0.39 is 12.1 Å². The van der Waals surface area contributed by atoms with Crippen molar-refractivity contribution in [1.29, 1.82) is 0 Å². The number of fused-ring (bicyclic) bond motifs is 1. The standard InChI is InChI=1S/C14H18N2O.C2HF3O2/c1-2-12(15)7-8-14(17)16-10-9-11-5-3-4-6-13(11)16;3-2(4,5)1(6)7/h3-8,12H,2,9-10,15H2,1H3;(H,6,7)/b8-7+;/t12-;/m0./s1. The van der Waals surface area contributed by atoms with Gasteiger partial charge in [-0.3, -0.25) is 4.79 Å². The Labute approximate surface area is 137 Å². The van der Waals surface area contributed by atoms with Gasteiger partial charge in [0.05, 0.1) is 0 Å². The largest absolute Gasteiger partial charge is 0.490 e. The molecular formula is C16H19F3N2O3. The molecule has 1 amide bonds. The maximum Gasteiger partial charge on any atom is 0.490 e. The number of rotatable bonds is 3. The van der Waals surface area contributed by atoms with Gasteiger partial charge >= 0.3 is 12.1 Å². The van der Waals surface area contributed by atoms with E-state index in [1.165, 1.54) is 5.56 Å². The normalized spacial score (nSPS) is 14.8. The van der Waals surface area contributed by atoms with Crippen molar-refractivity contribution in [3.8, 4) is 0 Å². The zero-order chi connectivity index (χ0) is 18.3. The smallest absolute Gasteiger partial charge is 0.475 e. The number of benzene rings is 1. The molecule has 5 nitrogen and oxygen atoms in total. The number of hydrogen-bond donors (Lipinski definition) is 2. The van der Waals surface area contributed by atoms with Crippen LogP contribution in [-0.4, -0.2) is 35.7 Å². The zero-order valence-corrected chi connectivity index (χ0v) is 13.1. The number of carboxylic acid groups (broad SMARTS) is 1. The van der Waals surface area contributed by atoms with Crippen LogP contribution in [0.3, 0.4) is 0 Å². The molecule has 1 heterocycles. The summed E-state index contributed by atoms with van der Waals surface area (Å²) in [6.07, 6.45) is 0.0789. The van der Waals surface area contributed by atoms with Crippen molar-refractivity contribution in [2.24, 2.45) is 5.73 Å². The van der Waals surface area contributed by atoms with E-state index in [0.29, 0.717) is 0 Å². The second kappa shape index (κ2) is 8.49. The molecule has 3 N–H and O–H groups in total. The van der Waals surface area contributed by atoms with Crippen molar-refractivity contribution in [2.45, 2.75) is 32.0 Å². The summed E-state index contributed by atoms with van der Waals surface area (Å²) in [4.78, 5) is 22.7. The van der Waals surface area contributed by atoms with E-state index in [0.717, 1.165) is 25.1 Å². The average Bonchev–Trinajstić information content (AvgIpc) is 2.96. The quantitative estimate of drug-likeness (QED) is 0.825. The fourth-order valence-corrected chi connectivity index (χ4v) is 2.00. The summed E-state index contributed by atoms with van der Waals surface area (Å²) in [7, 11) is 0. The number of nitrogens with two attached hydrogens (primary N) is 1. The highest BCUT2D eigenvalue weighted by Crippen LogP contribution is 2.27. The van der Waals surface area contributed by atoms with Gasteiger partial charge in [0.25, 0.3) is 5.91 Å². The minimum absolute atomic E-state index is 0.0267. The van der Waals surface area contributed by atoms with Crippen LogP contribution in [0, 0.1) is 0 Å². The van der Waals surface area contributed by atoms with Gasteiger partial charge in [0, 0.05) is 24.4 Å². The van der Waals surface area contributed by atoms with Crippen molar-refractivity contribution in [3.63, 3.8) is 0 Å². The van der Waals surface area contributed by atoms with Crippen LogP contribution in [0.15, 0.2) is 36.4 Å². The summed E-state index contributed by atoms with van der Waals surface area (Å²) >= 11 is 0. The highest BCUT2D eigenvalue weighted by atomic mass is 19.4. The Kier molecular flexibility index (Phi) is 6.97. The molecule has 0 unspecified atom stereocenters. The third-order valence-electron chi connectivity index (χ3n) is 3.35. The van der Waals surface area contributed by atoms with Crippen LogP contribution in [0.5, 0.6) is 0 Å². The average molecular weight is 344 g/mol. The molecule has 0 saturated heterocycles. The summed E-state index contributed by atoms with van der Waals surface area (Å²) in [5, 5.41) is 7.12. The van der Waals surface area contributed by atoms with Crippen LogP contribution in [0.1, 0.15) is 18.9 Å². The zero-order valence-electron chi connectivity index (χ0n) is 13.1. The predicted molar refractivity (Wildman–Crippen MR) is 83.6 cm³/mol. The number of para-hydroxylation sites is 1. The van der Waals surface area contributed by atoms with Gasteiger partial charge in [0.1, 0.15) is 0 Å². The van der Waals surface area contributed by atoms with Crippen molar-refractivity contribution in [3.05, 3.63) is 42.0 Å². The monoisotopic (exact) mass is 344 g/mol. The Morgan fingerprint density at radius 2 is 1.96 bits per heavy atom. The van der Waals surface area contributed by atoms with E-state index in [2.05, 4.69) is 6.07 Å². The first kappa shape index (κ1) is 19.7. The molecule has 0 fully saturated rings. The van der Waals surface area contributed by atoms with Crippen molar-refractivity contribution in [1.82, 2.24) is 0 Å². The summed E-state index contributed by atoms with van der Waals surface area (Å²) in [5.74, 6) is -2.73. The second-order valence-corrected chi connectivity index (χ2v) is 5.10. The van der Waals surface area contributed by atoms with Crippen LogP contribution in [-0.2, 0) is 16.0 Å². The minimum Gasteiger partial charge on any atom is -0.475 e. The Hall–Kier alpha value is -2.35. The molecule has 2 rings (SSSR count). The summed E-state index contributed by atoms with van der Waals surface area (Å²) in [6, 6.07) is 8.01. The SMILES string of the molecule is CC[C@H](N)/C=C/C(=O)N1CCc2ccccc21.O=C(O)C(F)(F)F. The number of aliphatic carboxylic acids is 1. The molecule has 132 valence electrons. The lowest BCUT2D eigenvalue weighted by molar-refractivity contribution is -0.192. The van der Waals surface area contributed by atoms with E-state index in [4.69, 9.17) is 15.6 Å². The third kappa shape index (κ3) is 5.69. The topological polar surface area (TPSA) is 83.6 Å².